The van der Waals surface area contributed by atoms with Crippen molar-refractivity contribution in [2.24, 2.45) is 0 Å². The van der Waals surface area contributed by atoms with Crippen LogP contribution in [0.25, 0.3) is 0 Å². The van der Waals surface area contributed by atoms with Crippen molar-refractivity contribution in [3.63, 3.8) is 0 Å². The number of esters is 1. The van der Waals surface area contributed by atoms with Crippen molar-refractivity contribution in [1.29, 1.82) is 0 Å². The van der Waals surface area contributed by atoms with Crippen LogP contribution in [-0.4, -0.2) is 23.1 Å². The van der Waals surface area contributed by atoms with Gasteiger partial charge in [0.2, 0.25) is 0 Å². The summed E-state index contributed by atoms with van der Waals surface area (Å²) in [6.45, 7) is 3.63. The number of carbonyl (C=O) groups is 2. The number of ether oxygens (including phenoxy) is 1. The molecule has 150 valence electrons. The fourth-order valence-corrected chi connectivity index (χ4v) is 4.51. The Kier molecular flexibility index (Phi) is 5.53. The van der Waals surface area contributed by atoms with Crippen LogP contribution < -0.4 is 5.32 Å². The summed E-state index contributed by atoms with van der Waals surface area (Å²) in [6.07, 6.45) is 2.30. The van der Waals surface area contributed by atoms with Gasteiger partial charge in [0.15, 0.2) is 6.61 Å². The molecular weight excluding hydrogens is 384 g/mol. The van der Waals surface area contributed by atoms with Crippen molar-refractivity contribution >= 4 is 23.2 Å². The smallest absolute Gasteiger partial charge is 0.340 e. The molecule has 0 radical (unpaired) electrons. The van der Waals surface area contributed by atoms with Gasteiger partial charge < -0.3 is 14.6 Å². The summed E-state index contributed by atoms with van der Waals surface area (Å²) in [5.74, 6) is -0.774. The third kappa shape index (κ3) is 4.27. The molecule has 4 rings (SSSR count). The molecule has 29 heavy (non-hydrogen) atoms. The van der Waals surface area contributed by atoms with E-state index in [4.69, 9.17) is 4.74 Å². The van der Waals surface area contributed by atoms with Crippen LogP contribution in [0.1, 0.15) is 57.1 Å². The van der Waals surface area contributed by atoms with Crippen LogP contribution in [0.3, 0.4) is 0 Å². The van der Waals surface area contributed by atoms with Gasteiger partial charge in [-0.05, 0) is 49.8 Å². The molecule has 2 aromatic heterocycles. The van der Waals surface area contributed by atoms with E-state index in [0.29, 0.717) is 11.6 Å². The van der Waals surface area contributed by atoms with E-state index in [1.54, 1.807) is 11.3 Å². The predicted molar refractivity (Wildman–Crippen MR) is 113 cm³/mol. The Bertz CT molecular complexity index is 1000. The minimum atomic E-state index is -0.451. The Hall–Kier alpha value is -2.86. The van der Waals surface area contributed by atoms with E-state index in [1.807, 2.05) is 67.8 Å². The van der Waals surface area contributed by atoms with Gasteiger partial charge in [-0.2, -0.15) is 0 Å². The van der Waals surface area contributed by atoms with Gasteiger partial charge >= 0.3 is 5.97 Å². The minimum absolute atomic E-state index is 0.262. The Morgan fingerprint density at radius 2 is 1.93 bits per heavy atom. The van der Waals surface area contributed by atoms with Crippen LogP contribution in [0.2, 0.25) is 0 Å². The zero-order valence-corrected chi connectivity index (χ0v) is 17.4. The molecule has 1 N–H and O–H groups in total. The number of thiophene rings is 1. The third-order valence-electron chi connectivity index (χ3n) is 5.22. The van der Waals surface area contributed by atoms with Gasteiger partial charge in [-0.1, -0.05) is 36.4 Å². The maximum absolute atomic E-state index is 12.5. The number of hydrogen-bond acceptors (Lipinski definition) is 4. The van der Waals surface area contributed by atoms with Gasteiger partial charge in [0, 0.05) is 22.3 Å². The molecular formula is C23H24N2O3S. The van der Waals surface area contributed by atoms with Crippen molar-refractivity contribution in [2.45, 2.75) is 38.8 Å². The SMILES string of the molecule is Cc1cc(C(=O)OCC(=O)N[C@H](c2ccccc2)c2cccs2)c(C)n1C1CC1. The Morgan fingerprint density at radius 3 is 2.59 bits per heavy atom. The molecule has 6 heteroatoms. The molecule has 1 amide bonds. The summed E-state index contributed by atoms with van der Waals surface area (Å²) in [5, 5.41) is 4.97. The maximum Gasteiger partial charge on any atom is 0.340 e. The fraction of sp³-hybridized carbons (Fsp3) is 0.304. The van der Waals surface area contributed by atoms with Crippen molar-refractivity contribution in [1.82, 2.24) is 9.88 Å². The van der Waals surface area contributed by atoms with Gasteiger partial charge in [-0.15, -0.1) is 11.3 Å². The molecule has 1 atom stereocenters. The molecule has 1 aromatic carbocycles. The highest BCUT2D eigenvalue weighted by molar-refractivity contribution is 7.10. The zero-order chi connectivity index (χ0) is 20.4. The van der Waals surface area contributed by atoms with Crippen LogP contribution in [0.5, 0.6) is 0 Å². The van der Waals surface area contributed by atoms with Crippen LogP contribution in [0.4, 0.5) is 0 Å². The lowest BCUT2D eigenvalue weighted by molar-refractivity contribution is -0.124. The lowest BCUT2D eigenvalue weighted by Gasteiger charge is -2.18. The van der Waals surface area contributed by atoms with Crippen LogP contribution in [-0.2, 0) is 9.53 Å². The molecule has 0 unspecified atom stereocenters. The monoisotopic (exact) mass is 408 g/mol. The Morgan fingerprint density at radius 1 is 1.17 bits per heavy atom. The minimum Gasteiger partial charge on any atom is -0.452 e. The second-order valence-corrected chi connectivity index (χ2v) is 8.37. The van der Waals surface area contributed by atoms with E-state index in [2.05, 4.69) is 9.88 Å². The number of nitrogens with one attached hydrogen (secondary N) is 1. The molecule has 5 nitrogen and oxygen atoms in total. The van der Waals surface area contributed by atoms with E-state index in [9.17, 15) is 9.59 Å². The first-order valence-corrected chi connectivity index (χ1v) is 10.7. The van der Waals surface area contributed by atoms with Crippen LogP contribution >= 0.6 is 11.3 Å². The quantitative estimate of drug-likeness (QED) is 0.583. The molecule has 0 spiro atoms. The first kappa shape index (κ1) is 19.5. The number of nitrogens with zero attached hydrogens (tertiary/aromatic N) is 1. The lowest BCUT2D eigenvalue weighted by Crippen LogP contribution is -2.32. The van der Waals surface area contributed by atoms with Crippen LogP contribution in [0, 0.1) is 13.8 Å². The third-order valence-corrected chi connectivity index (χ3v) is 6.15. The molecule has 1 fully saturated rings. The molecule has 2 heterocycles. The summed E-state index contributed by atoms with van der Waals surface area (Å²) in [7, 11) is 0. The summed E-state index contributed by atoms with van der Waals surface area (Å²) < 4.78 is 7.53. The summed E-state index contributed by atoms with van der Waals surface area (Å²) >= 11 is 1.58. The average molecular weight is 409 g/mol. The van der Waals surface area contributed by atoms with Gasteiger partial charge in [0.25, 0.3) is 5.91 Å². The lowest BCUT2D eigenvalue weighted by atomic mass is 10.1. The van der Waals surface area contributed by atoms with E-state index >= 15 is 0 Å². The van der Waals surface area contributed by atoms with Crippen molar-refractivity contribution in [2.75, 3.05) is 6.61 Å². The second kappa shape index (κ2) is 8.25. The highest BCUT2D eigenvalue weighted by Crippen LogP contribution is 2.38. The molecule has 0 aliphatic heterocycles. The van der Waals surface area contributed by atoms with Gasteiger partial charge in [0.05, 0.1) is 11.6 Å². The number of hydrogen-bond donors (Lipinski definition) is 1. The largest absolute Gasteiger partial charge is 0.452 e. The van der Waals surface area contributed by atoms with E-state index in [0.717, 1.165) is 34.7 Å². The number of rotatable bonds is 7. The highest BCUT2D eigenvalue weighted by atomic mass is 32.1. The molecule has 0 bridgehead atoms. The van der Waals surface area contributed by atoms with E-state index in [1.165, 1.54) is 0 Å². The second-order valence-electron chi connectivity index (χ2n) is 7.39. The Labute approximate surface area is 174 Å². The number of benzene rings is 1. The summed E-state index contributed by atoms with van der Waals surface area (Å²) in [6, 6.07) is 15.8. The maximum atomic E-state index is 12.5. The van der Waals surface area contributed by atoms with Gasteiger partial charge in [-0.25, -0.2) is 4.79 Å². The van der Waals surface area contributed by atoms with Gasteiger partial charge in [0.1, 0.15) is 0 Å². The Balaban J connectivity index is 1.41. The zero-order valence-electron chi connectivity index (χ0n) is 16.6. The first-order chi connectivity index (χ1) is 14.0. The number of amides is 1. The highest BCUT2D eigenvalue weighted by Gasteiger charge is 2.29. The summed E-state index contributed by atoms with van der Waals surface area (Å²) in [5.41, 5.74) is 3.50. The number of carbonyl (C=O) groups excluding carboxylic acids is 2. The molecule has 1 saturated carbocycles. The average Bonchev–Trinajstić information content (AvgIpc) is 3.30. The molecule has 1 aliphatic rings. The van der Waals surface area contributed by atoms with Crippen molar-refractivity contribution in [3.8, 4) is 0 Å². The number of aryl methyl sites for hydroxylation is 1. The topological polar surface area (TPSA) is 60.3 Å². The standard InChI is InChI=1S/C23H24N2O3S/c1-15-13-19(16(2)25(15)18-10-11-18)23(27)28-14-21(26)24-22(20-9-6-12-29-20)17-7-4-3-5-8-17/h3-9,12-13,18,22H,10-11,14H2,1-2H3,(H,24,26)/t22-/m1/s1. The molecule has 0 saturated heterocycles. The summed E-state index contributed by atoms with van der Waals surface area (Å²) in [4.78, 5) is 26.1. The predicted octanol–water partition coefficient (Wildman–Crippen LogP) is 4.56. The molecule has 1 aliphatic carbocycles. The van der Waals surface area contributed by atoms with E-state index in [-0.39, 0.29) is 18.6 Å². The normalized spacial score (nSPS) is 14.4. The van der Waals surface area contributed by atoms with E-state index < -0.39 is 5.97 Å². The van der Waals surface area contributed by atoms with Crippen molar-refractivity contribution < 1.29 is 14.3 Å². The first-order valence-electron chi connectivity index (χ1n) is 9.78. The molecule has 3 aromatic rings. The van der Waals surface area contributed by atoms with Crippen molar-refractivity contribution in [3.05, 3.63) is 81.3 Å². The van der Waals surface area contributed by atoms with Crippen LogP contribution in [0.15, 0.2) is 53.9 Å². The van der Waals surface area contributed by atoms with Gasteiger partial charge in [-0.3, -0.25) is 4.79 Å². The number of aromatic nitrogens is 1. The fourth-order valence-electron chi connectivity index (χ4n) is 3.71.